The second-order valence-electron chi connectivity index (χ2n) is 6.67. The molecule has 0 aliphatic heterocycles. The number of pyridine rings is 1. The zero-order valence-corrected chi connectivity index (χ0v) is 17.8. The van der Waals surface area contributed by atoms with Gasteiger partial charge in [-0.1, -0.05) is 18.2 Å². The number of benzene rings is 1. The van der Waals surface area contributed by atoms with Crippen molar-refractivity contribution >= 4 is 49.0 Å². The molecule has 0 saturated carbocycles. The third-order valence-electron chi connectivity index (χ3n) is 4.62. The summed E-state index contributed by atoms with van der Waals surface area (Å²) in [5, 5.41) is 4.43. The van der Waals surface area contributed by atoms with Crippen molar-refractivity contribution in [1.29, 1.82) is 0 Å². The zero-order valence-electron chi connectivity index (χ0n) is 15.3. The fraction of sp³-hybridized carbons (Fsp3) is 0.250. The molecule has 0 saturated heterocycles. The first kappa shape index (κ1) is 19.4. The number of rotatable bonds is 7. The molecule has 3 heterocycles. The van der Waals surface area contributed by atoms with Gasteiger partial charge in [0.25, 0.3) is 10.1 Å². The van der Waals surface area contributed by atoms with Crippen LogP contribution in [0.15, 0.2) is 53.0 Å². The van der Waals surface area contributed by atoms with Gasteiger partial charge in [-0.3, -0.25) is 4.55 Å². The van der Waals surface area contributed by atoms with Crippen molar-refractivity contribution in [2.45, 2.75) is 24.8 Å². The monoisotopic (exact) mass is 432 g/mol. The fourth-order valence-corrected chi connectivity index (χ4v) is 6.07. The lowest BCUT2D eigenvalue weighted by molar-refractivity contribution is 0.482. The van der Waals surface area contributed by atoms with E-state index in [4.69, 9.17) is 9.54 Å². The lowest BCUT2D eigenvalue weighted by Crippen LogP contribution is -2.04. The normalized spacial score (nSPS) is 12.2. The Labute approximate surface area is 172 Å². The first-order valence-corrected chi connectivity index (χ1v) is 12.4. The van der Waals surface area contributed by atoms with Crippen molar-refractivity contribution in [1.82, 2.24) is 9.38 Å². The van der Waals surface area contributed by atoms with E-state index in [1.807, 2.05) is 24.4 Å². The van der Waals surface area contributed by atoms with Gasteiger partial charge in [-0.25, -0.2) is 4.98 Å². The number of fused-ring (bicyclic) bond motifs is 2. The Morgan fingerprint density at radius 2 is 2.07 bits per heavy atom. The first-order chi connectivity index (χ1) is 13.4. The van der Waals surface area contributed by atoms with Crippen LogP contribution in [0.2, 0.25) is 0 Å². The maximum Gasteiger partial charge on any atom is 0.264 e. The highest BCUT2D eigenvalue weighted by molar-refractivity contribution is 7.99. The highest BCUT2D eigenvalue weighted by atomic mass is 32.2. The van der Waals surface area contributed by atoms with Crippen molar-refractivity contribution in [3.05, 3.63) is 64.8 Å². The predicted molar refractivity (Wildman–Crippen MR) is 116 cm³/mol. The maximum atomic E-state index is 10.9. The van der Waals surface area contributed by atoms with Gasteiger partial charge in [0.2, 0.25) is 0 Å². The lowest BCUT2D eigenvalue weighted by atomic mass is 10.0. The van der Waals surface area contributed by atoms with Crippen LogP contribution in [0.5, 0.6) is 0 Å². The molecule has 0 aliphatic carbocycles. The third-order valence-corrected chi connectivity index (χ3v) is 7.51. The highest BCUT2D eigenvalue weighted by Gasteiger charge is 2.16. The number of thioether (sulfide) groups is 1. The van der Waals surface area contributed by atoms with Gasteiger partial charge < -0.3 is 4.40 Å². The topological polar surface area (TPSA) is 71.7 Å². The average molecular weight is 433 g/mol. The molecule has 0 spiro atoms. The molecule has 8 heteroatoms. The number of hydrogen-bond donors (Lipinski definition) is 1. The average Bonchev–Trinajstić information content (AvgIpc) is 3.21. The van der Waals surface area contributed by atoms with E-state index in [-0.39, 0.29) is 5.75 Å². The predicted octanol–water partition coefficient (Wildman–Crippen LogP) is 4.82. The molecule has 0 bridgehead atoms. The Morgan fingerprint density at radius 1 is 1.21 bits per heavy atom. The summed E-state index contributed by atoms with van der Waals surface area (Å²) in [4.78, 5) is 4.75. The van der Waals surface area contributed by atoms with Gasteiger partial charge in [0.05, 0.1) is 11.4 Å². The summed E-state index contributed by atoms with van der Waals surface area (Å²) in [6.07, 6.45) is 3.16. The summed E-state index contributed by atoms with van der Waals surface area (Å²) in [5.74, 6) is 0.358. The minimum atomic E-state index is -3.92. The van der Waals surface area contributed by atoms with Crippen molar-refractivity contribution in [2.24, 2.45) is 0 Å². The fourth-order valence-electron chi connectivity index (χ4n) is 3.37. The smallest absolute Gasteiger partial charge is 0.264 e. The molecule has 4 rings (SSSR count). The zero-order chi connectivity index (χ0) is 19.7. The van der Waals surface area contributed by atoms with Crippen molar-refractivity contribution in [3.8, 4) is 0 Å². The summed E-state index contributed by atoms with van der Waals surface area (Å²) in [6.45, 7) is 2.14. The second kappa shape index (κ2) is 7.87. The van der Waals surface area contributed by atoms with Gasteiger partial charge in [0, 0.05) is 23.1 Å². The minimum absolute atomic E-state index is 0.225. The molecule has 1 aromatic carbocycles. The molecule has 0 fully saturated rings. The molecular weight excluding hydrogens is 412 g/mol. The van der Waals surface area contributed by atoms with Crippen LogP contribution < -0.4 is 0 Å². The molecule has 5 nitrogen and oxygen atoms in total. The standard InChI is InChI=1S/C20H20N2O3S3/c1-14-6-4-7-17-19(14)15(13-27-17)12-16-20(26-10-5-11-28(23,24)25)21-18-8-2-3-9-22(16)18/h2-4,6-9,13H,5,10-12H2,1H3,(H,23,24,25). The van der Waals surface area contributed by atoms with Crippen LogP contribution in [0, 0.1) is 6.92 Å². The van der Waals surface area contributed by atoms with E-state index >= 15 is 0 Å². The van der Waals surface area contributed by atoms with E-state index in [2.05, 4.69) is 34.9 Å². The van der Waals surface area contributed by atoms with E-state index in [9.17, 15) is 8.42 Å². The molecule has 146 valence electrons. The summed E-state index contributed by atoms with van der Waals surface area (Å²) in [7, 11) is -3.92. The number of aryl methyl sites for hydroxylation is 1. The SMILES string of the molecule is Cc1cccc2scc(Cc3c(SCCCS(=O)(=O)O)nc4ccccn34)c12. The Bertz CT molecular complexity index is 1240. The Kier molecular flexibility index (Phi) is 5.46. The summed E-state index contributed by atoms with van der Waals surface area (Å²) < 4.78 is 34.2. The Morgan fingerprint density at radius 3 is 2.89 bits per heavy atom. The molecule has 0 unspecified atom stereocenters. The van der Waals surface area contributed by atoms with Gasteiger partial charge in [-0.15, -0.1) is 23.1 Å². The largest absolute Gasteiger partial charge is 0.303 e. The van der Waals surface area contributed by atoms with Crippen LogP contribution in [0.25, 0.3) is 15.7 Å². The van der Waals surface area contributed by atoms with E-state index in [1.165, 1.54) is 21.2 Å². The third kappa shape index (κ3) is 4.10. The van der Waals surface area contributed by atoms with E-state index < -0.39 is 10.1 Å². The van der Waals surface area contributed by atoms with E-state index in [1.54, 1.807) is 23.1 Å². The molecule has 0 aliphatic rings. The molecule has 0 amide bonds. The highest BCUT2D eigenvalue weighted by Crippen LogP contribution is 2.33. The molecule has 4 aromatic rings. The minimum Gasteiger partial charge on any atom is -0.303 e. The van der Waals surface area contributed by atoms with E-state index in [0.29, 0.717) is 12.2 Å². The molecule has 0 atom stereocenters. The van der Waals surface area contributed by atoms with Crippen molar-refractivity contribution in [2.75, 3.05) is 11.5 Å². The molecule has 28 heavy (non-hydrogen) atoms. The van der Waals surface area contributed by atoms with Crippen molar-refractivity contribution in [3.63, 3.8) is 0 Å². The molecular formula is C20H20N2O3S3. The summed E-state index contributed by atoms with van der Waals surface area (Å²) in [6, 6.07) is 12.3. The number of thiophene rings is 1. The molecule has 1 N–H and O–H groups in total. The Hall–Kier alpha value is -1.87. The van der Waals surface area contributed by atoms with Crippen LogP contribution in [0.3, 0.4) is 0 Å². The van der Waals surface area contributed by atoms with Gasteiger partial charge in [0.15, 0.2) is 0 Å². The first-order valence-electron chi connectivity index (χ1n) is 8.92. The number of imidazole rings is 1. The van der Waals surface area contributed by atoms with Crippen molar-refractivity contribution < 1.29 is 13.0 Å². The van der Waals surface area contributed by atoms with Crippen LogP contribution in [-0.2, 0) is 16.5 Å². The molecule has 3 aromatic heterocycles. The number of nitrogens with zero attached hydrogens (tertiary/aromatic N) is 2. The van der Waals surface area contributed by atoms with Crippen LogP contribution in [-0.4, -0.2) is 33.9 Å². The number of hydrogen-bond acceptors (Lipinski definition) is 5. The van der Waals surface area contributed by atoms with Crippen LogP contribution in [0.4, 0.5) is 0 Å². The van der Waals surface area contributed by atoms with Crippen LogP contribution in [0.1, 0.15) is 23.2 Å². The lowest BCUT2D eigenvalue weighted by Gasteiger charge is -2.06. The van der Waals surface area contributed by atoms with E-state index in [0.717, 1.165) is 22.8 Å². The van der Waals surface area contributed by atoms with Gasteiger partial charge >= 0.3 is 0 Å². The van der Waals surface area contributed by atoms with Gasteiger partial charge in [0.1, 0.15) is 10.7 Å². The Balaban J connectivity index is 1.67. The van der Waals surface area contributed by atoms with Gasteiger partial charge in [-0.2, -0.15) is 8.42 Å². The molecule has 0 radical (unpaired) electrons. The maximum absolute atomic E-state index is 10.9. The second-order valence-corrected chi connectivity index (χ2v) is 10.2. The van der Waals surface area contributed by atoms with Gasteiger partial charge in [-0.05, 0) is 53.4 Å². The quantitative estimate of drug-likeness (QED) is 0.258. The van der Waals surface area contributed by atoms with Crippen LogP contribution >= 0.6 is 23.1 Å². The summed E-state index contributed by atoms with van der Waals surface area (Å²) >= 11 is 3.30. The number of aromatic nitrogens is 2. The summed E-state index contributed by atoms with van der Waals surface area (Å²) in [5.41, 5.74) is 4.54.